The van der Waals surface area contributed by atoms with Crippen LogP contribution in [-0.2, 0) is 0 Å². The summed E-state index contributed by atoms with van der Waals surface area (Å²) in [5, 5.41) is -0.208. The molecule has 0 N–H and O–H groups in total. The summed E-state index contributed by atoms with van der Waals surface area (Å²) < 4.78 is 0. The van der Waals surface area contributed by atoms with Crippen molar-refractivity contribution in [2.45, 2.75) is 120 Å². The summed E-state index contributed by atoms with van der Waals surface area (Å²) in [4.78, 5) is 0. The van der Waals surface area contributed by atoms with Crippen LogP contribution in [0, 0.1) is 5.92 Å². The van der Waals surface area contributed by atoms with Gasteiger partial charge in [0, 0.05) is 7.74 Å². The topological polar surface area (TPSA) is 0 Å². The van der Waals surface area contributed by atoms with Crippen LogP contribution >= 0.6 is 25.0 Å². The zero-order valence-corrected chi connectivity index (χ0v) is 20.1. The summed E-state index contributed by atoms with van der Waals surface area (Å²) in [7, 11) is 13.5. The molecular formula is C20H39B5S2. The fourth-order valence-electron chi connectivity index (χ4n) is 4.98. The van der Waals surface area contributed by atoms with Crippen molar-refractivity contribution in [1.82, 2.24) is 0 Å². The first kappa shape index (κ1) is 26.1. The largest absolute Gasteiger partial charge is 0.235 e. The van der Waals surface area contributed by atoms with Crippen molar-refractivity contribution < 1.29 is 0 Å². The fraction of sp³-hybridized carbons (Fsp3) is 1.00. The first-order chi connectivity index (χ1) is 12.7. The second-order valence-corrected chi connectivity index (χ2v) is 10.1. The highest BCUT2D eigenvalue weighted by atomic mass is 32.1. The molecule has 1 fully saturated rings. The van der Waals surface area contributed by atoms with Crippen LogP contribution in [0.25, 0.3) is 0 Å². The van der Waals surface area contributed by atoms with Gasteiger partial charge >= 0.3 is 0 Å². The minimum absolute atomic E-state index is 0.0312. The van der Waals surface area contributed by atoms with E-state index in [4.69, 9.17) is 15.6 Å². The second-order valence-electron chi connectivity index (χ2n) is 9.50. The van der Waals surface area contributed by atoms with Crippen LogP contribution in [0.1, 0.15) is 98.3 Å². The van der Waals surface area contributed by atoms with Gasteiger partial charge in [-0.15, -0.1) is 0 Å². The van der Waals surface area contributed by atoms with Crippen molar-refractivity contribution in [2.75, 3.05) is 0 Å². The molecule has 5 unspecified atom stereocenters. The Morgan fingerprint density at radius 1 is 0.852 bits per heavy atom. The number of thiol groups is 2. The smallest absolute Gasteiger partial charge is 0.190 e. The van der Waals surface area contributed by atoms with E-state index in [1.807, 2.05) is 0 Å². The summed E-state index contributed by atoms with van der Waals surface area (Å²) in [6.45, 7) is 13.3. The molecule has 27 heavy (non-hydrogen) atoms. The molecule has 0 bridgehead atoms. The Morgan fingerprint density at radius 2 is 1.33 bits per heavy atom. The lowest BCUT2D eigenvalue weighted by Gasteiger charge is -2.48. The van der Waals surface area contributed by atoms with Crippen LogP contribution in [0.4, 0.5) is 0 Å². The zero-order valence-electron chi connectivity index (χ0n) is 18.3. The molecule has 1 aliphatic rings. The molecule has 6 radical (unpaired) electrons. The minimum Gasteiger partial charge on any atom is -0.235 e. The van der Waals surface area contributed by atoms with Gasteiger partial charge in [0.05, 0.1) is 14.4 Å². The molecule has 1 saturated carbocycles. The van der Waals surface area contributed by atoms with Gasteiger partial charge < -0.3 is 0 Å². The Labute approximate surface area is 186 Å². The highest BCUT2D eigenvalue weighted by Gasteiger charge is 2.44. The van der Waals surface area contributed by atoms with Crippen molar-refractivity contribution in [3.05, 3.63) is 0 Å². The number of rotatable bonds is 7. The van der Waals surface area contributed by atoms with E-state index in [1.54, 1.807) is 0 Å². The zero-order chi connectivity index (χ0) is 20.5. The lowest BCUT2D eigenvalue weighted by molar-refractivity contribution is 0.293. The summed E-state index contributed by atoms with van der Waals surface area (Å²) in [6, 6.07) is 0. The molecule has 0 amide bonds. The van der Waals surface area contributed by atoms with Crippen molar-refractivity contribution >= 4 is 60.3 Å². The Morgan fingerprint density at radius 3 is 1.81 bits per heavy atom. The monoisotopic (exact) mass is 398 g/mol. The quantitative estimate of drug-likeness (QED) is 0.359. The van der Waals surface area contributed by atoms with E-state index < -0.39 is 0 Å². The third-order valence-corrected chi connectivity index (χ3v) is 8.56. The maximum atomic E-state index is 6.84. The Balaban J connectivity index is 2.94. The molecule has 0 aromatic rings. The average Bonchev–Trinajstić information content (AvgIpc) is 2.67. The van der Waals surface area contributed by atoms with E-state index in [1.165, 1.54) is 57.8 Å². The molecule has 0 aliphatic heterocycles. The van der Waals surface area contributed by atoms with Gasteiger partial charge in [-0.1, -0.05) is 120 Å². The van der Waals surface area contributed by atoms with E-state index in [0.717, 1.165) is 12.8 Å². The molecule has 5 atom stereocenters. The lowest BCUT2D eigenvalue weighted by Crippen LogP contribution is -2.45. The fourth-order valence-corrected chi connectivity index (χ4v) is 5.57. The van der Waals surface area contributed by atoms with Gasteiger partial charge in [-0.2, -0.15) is 0 Å². The summed E-state index contributed by atoms with van der Waals surface area (Å²) in [5.41, 5.74) is 0. The maximum Gasteiger partial charge on any atom is 0.190 e. The van der Waals surface area contributed by atoms with Crippen LogP contribution in [-0.4, -0.2) is 35.3 Å². The summed E-state index contributed by atoms with van der Waals surface area (Å²) in [6.07, 6.45) is 13.4. The van der Waals surface area contributed by atoms with Gasteiger partial charge in [-0.3, -0.25) is 0 Å². The van der Waals surface area contributed by atoms with Crippen molar-refractivity contribution in [1.29, 1.82) is 0 Å². The van der Waals surface area contributed by atoms with E-state index in [-0.39, 0.29) is 17.1 Å². The van der Waals surface area contributed by atoms with Gasteiger partial charge in [0.25, 0.3) is 0 Å². The first-order valence-corrected chi connectivity index (χ1v) is 12.3. The van der Waals surface area contributed by atoms with Crippen LogP contribution in [0.5, 0.6) is 0 Å². The van der Waals surface area contributed by atoms with Gasteiger partial charge in [0.15, 0.2) is 13.1 Å². The number of hydrogen-bond donors (Lipinski definition) is 2. The lowest BCUT2D eigenvalue weighted by atomic mass is 9.07. The van der Waals surface area contributed by atoms with Gasteiger partial charge in [-0.05, 0) is 5.92 Å². The Kier molecular flexibility index (Phi) is 12.2. The van der Waals surface area contributed by atoms with Crippen LogP contribution in [0.3, 0.4) is 0 Å². The van der Waals surface area contributed by atoms with E-state index in [2.05, 4.69) is 65.8 Å². The van der Waals surface area contributed by atoms with E-state index >= 15 is 0 Å². The standard InChI is InChI=1S/C20H39B5S2/c1-5-19(3,25(22)20(4,21)6-2)16-10-7-8-12-17(23-26)14-15-18(24-27)13-9-11-16/h16-18,26-27H,5-15H2,1-4H3. The van der Waals surface area contributed by atoms with Gasteiger partial charge in [0.1, 0.15) is 0 Å². The molecule has 0 aromatic carbocycles. The highest BCUT2D eigenvalue weighted by Crippen LogP contribution is 2.52. The molecular weight excluding hydrogens is 358 g/mol. The molecule has 7 heteroatoms. The average molecular weight is 398 g/mol. The first-order valence-electron chi connectivity index (χ1n) is 11.2. The molecule has 0 aromatic heterocycles. The molecule has 146 valence electrons. The third kappa shape index (κ3) is 7.65. The Bertz CT molecular complexity index is 410. The summed E-state index contributed by atoms with van der Waals surface area (Å²) in [5.74, 6) is 1.89. The van der Waals surface area contributed by atoms with Crippen molar-refractivity contribution in [3.63, 3.8) is 0 Å². The van der Waals surface area contributed by atoms with Crippen molar-refractivity contribution in [3.8, 4) is 0 Å². The van der Waals surface area contributed by atoms with E-state index in [0.29, 0.717) is 17.6 Å². The molecule has 0 saturated heterocycles. The molecule has 1 aliphatic carbocycles. The molecule has 0 nitrogen and oxygen atoms in total. The SMILES string of the molecule is [B]B(C([B])(C)CC)C(C)(CC)C1CCCCC([B]S)CCC([B]S)CCC1. The molecule has 1 rings (SSSR count). The van der Waals surface area contributed by atoms with Crippen LogP contribution < -0.4 is 0 Å². The third-order valence-electron chi connectivity index (χ3n) is 7.71. The predicted molar refractivity (Wildman–Crippen MR) is 137 cm³/mol. The maximum absolute atomic E-state index is 6.84. The predicted octanol–water partition coefficient (Wildman–Crippen LogP) is 6.43. The van der Waals surface area contributed by atoms with Crippen LogP contribution in [0.15, 0.2) is 0 Å². The highest BCUT2D eigenvalue weighted by molar-refractivity contribution is 8.07. The van der Waals surface area contributed by atoms with Crippen LogP contribution in [0.2, 0.25) is 22.2 Å². The van der Waals surface area contributed by atoms with E-state index in [9.17, 15) is 0 Å². The molecule has 0 heterocycles. The van der Waals surface area contributed by atoms with Gasteiger partial charge in [-0.25, -0.2) is 25.0 Å². The Hall–Kier alpha value is 1.02. The minimum atomic E-state index is -0.304. The normalized spacial score (nSPS) is 30.1. The number of hydrogen-bond acceptors (Lipinski definition) is 2. The van der Waals surface area contributed by atoms with Gasteiger partial charge in [0.2, 0.25) is 0 Å². The molecule has 0 spiro atoms. The second kappa shape index (κ2) is 12.7. The summed E-state index contributed by atoms with van der Waals surface area (Å²) >= 11 is 8.98. The van der Waals surface area contributed by atoms with Crippen molar-refractivity contribution in [2.24, 2.45) is 5.92 Å².